The van der Waals surface area contributed by atoms with E-state index in [0.29, 0.717) is 10.9 Å². The van der Waals surface area contributed by atoms with Crippen LogP contribution in [0.4, 0.5) is 5.69 Å². The van der Waals surface area contributed by atoms with Gasteiger partial charge in [-0.1, -0.05) is 17.7 Å². The number of nitrogens with zero attached hydrogens (tertiary/aromatic N) is 1. The minimum atomic E-state index is -0.295. The number of nitrogens with one attached hydrogen (secondary N) is 1. The van der Waals surface area contributed by atoms with Gasteiger partial charge in [0.05, 0.1) is 16.8 Å². The van der Waals surface area contributed by atoms with E-state index in [4.69, 9.17) is 21.8 Å². The molecule has 2 heterocycles. The van der Waals surface area contributed by atoms with Crippen molar-refractivity contribution in [1.82, 2.24) is 0 Å². The molecule has 0 amide bonds. The fourth-order valence-electron chi connectivity index (χ4n) is 1.87. The number of aliphatic imine (C=N–C) groups is 1. The molecule has 0 bridgehead atoms. The summed E-state index contributed by atoms with van der Waals surface area (Å²) in [4.78, 5) is 4.33. The van der Waals surface area contributed by atoms with Crippen molar-refractivity contribution in [2.45, 2.75) is 6.17 Å². The molecule has 86 valence electrons. The summed E-state index contributed by atoms with van der Waals surface area (Å²) in [7, 11) is 0. The molecule has 0 saturated carbocycles. The topological polar surface area (TPSA) is 63.5 Å². The lowest BCUT2D eigenvalue weighted by molar-refractivity contribution is 0.484. The highest BCUT2D eigenvalue weighted by molar-refractivity contribution is 6.35. The summed E-state index contributed by atoms with van der Waals surface area (Å²) in [6.45, 7) is 0. The molecule has 1 aliphatic heterocycles. The van der Waals surface area contributed by atoms with Crippen LogP contribution in [0.15, 0.2) is 46.0 Å². The van der Waals surface area contributed by atoms with Crippen LogP contribution in [-0.4, -0.2) is 5.84 Å². The molecular formula is C12H10ClN3O. The molecule has 3 N–H and O–H groups in total. The summed E-state index contributed by atoms with van der Waals surface area (Å²) < 4.78 is 5.31. The molecule has 1 aromatic heterocycles. The molecule has 0 saturated heterocycles. The molecule has 0 spiro atoms. The number of hydrogen-bond acceptors (Lipinski definition) is 4. The lowest BCUT2D eigenvalue weighted by atomic mass is 10.1. The largest absolute Gasteiger partial charge is 0.465 e. The predicted molar refractivity (Wildman–Crippen MR) is 67.2 cm³/mol. The van der Waals surface area contributed by atoms with E-state index in [9.17, 15) is 0 Å². The lowest BCUT2D eigenvalue weighted by Gasteiger charge is -2.23. The molecule has 3 rings (SSSR count). The van der Waals surface area contributed by atoms with Gasteiger partial charge in [0, 0.05) is 5.69 Å². The van der Waals surface area contributed by atoms with E-state index >= 15 is 0 Å². The minimum Gasteiger partial charge on any atom is -0.465 e. The Balaban J connectivity index is 2.07. The van der Waals surface area contributed by atoms with Crippen LogP contribution in [-0.2, 0) is 0 Å². The van der Waals surface area contributed by atoms with Gasteiger partial charge in [0.25, 0.3) is 0 Å². The van der Waals surface area contributed by atoms with Crippen LogP contribution in [0.1, 0.15) is 17.5 Å². The first-order chi connectivity index (χ1) is 8.25. The molecule has 0 radical (unpaired) electrons. The number of fused-ring (bicyclic) bond motifs is 1. The average Bonchev–Trinajstić information content (AvgIpc) is 2.81. The zero-order chi connectivity index (χ0) is 11.8. The molecule has 5 heteroatoms. The van der Waals surface area contributed by atoms with Gasteiger partial charge < -0.3 is 15.5 Å². The summed E-state index contributed by atoms with van der Waals surface area (Å²) in [6, 6.07) is 9.24. The Morgan fingerprint density at radius 1 is 1.29 bits per heavy atom. The van der Waals surface area contributed by atoms with E-state index in [1.165, 1.54) is 0 Å². The van der Waals surface area contributed by atoms with Gasteiger partial charge >= 0.3 is 0 Å². The number of furan rings is 1. The fraction of sp³-hybridized carbons (Fsp3) is 0.0833. The number of hydrogen-bond donors (Lipinski definition) is 2. The van der Waals surface area contributed by atoms with E-state index < -0.39 is 0 Å². The summed E-state index contributed by atoms with van der Waals surface area (Å²) in [5.74, 6) is 1.14. The number of benzene rings is 1. The number of anilines is 1. The molecular weight excluding hydrogens is 238 g/mol. The predicted octanol–water partition coefficient (Wildman–Crippen LogP) is 2.76. The van der Waals surface area contributed by atoms with Crippen LogP contribution in [0.5, 0.6) is 0 Å². The van der Waals surface area contributed by atoms with Crippen molar-refractivity contribution in [3.05, 3.63) is 52.9 Å². The second kappa shape index (κ2) is 3.82. The van der Waals surface area contributed by atoms with Crippen molar-refractivity contribution in [3.63, 3.8) is 0 Å². The second-order valence-corrected chi connectivity index (χ2v) is 4.15. The Bertz CT molecular complexity index is 577. The number of amidine groups is 1. The lowest BCUT2D eigenvalue weighted by Crippen LogP contribution is -2.25. The standard InChI is InChI=1S/C12H10ClN3O/c13-7-3-1-4-8-10(7)11(14)16-12(15-8)9-5-2-6-17-9/h1-6,12,15H,(H2,14,16). The molecule has 17 heavy (non-hydrogen) atoms. The number of rotatable bonds is 1. The van der Waals surface area contributed by atoms with Gasteiger partial charge in [0.15, 0.2) is 6.17 Å². The smallest absolute Gasteiger partial charge is 0.179 e. The molecule has 1 aliphatic rings. The fourth-order valence-corrected chi connectivity index (χ4v) is 2.14. The highest BCUT2D eigenvalue weighted by atomic mass is 35.5. The van der Waals surface area contributed by atoms with E-state index in [1.807, 2.05) is 24.3 Å². The van der Waals surface area contributed by atoms with Gasteiger partial charge in [-0.15, -0.1) is 0 Å². The Hall–Kier alpha value is -1.94. The molecule has 0 aliphatic carbocycles. The third kappa shape index (κ3) is 1.66. The number of nitrogens with two attached hydrogens (primary N) is 1. The first-order valence-electron chi connectivity index (χ1n) is 5.18. The van der Waals surface area contributed by atoms with E-state index in [2.05, 4.69) is 10.3 Å². The van der Waals surface area contributed by atoms with E-state index in [0.717, 1.165) is 17.0 Å². The first-order valence-corrected chi connectivity index (χ1v) is 5.55. The van der Waals surface area contributed by atoms with Crippen molar-refractivity contribution in [2.75, 3.05) is 5.32 Å². The zero-order valence-corrected chi connectivity index (χ0v) is 9.61. The van der Waals surface area contributed by atoms with Crippen LogP contribution in [0.25, 0.3) is 0 Å². The van der Waals surface area contributed by atoms with Crippen LogP contribution in [0.3, 0.4) is 0 Å². The van der Waals surface area contributed by atoms with Crippen molar-refractivity contribution in [2.24, 2.45) is 10.7 Å². The normalized spacial score (nSPS) is 18.2. The Morgan fingerprint density at radius 2 is 2.18 bits per heavy atom. The summed E-state index contributed by atoms with van der Waals surface area (Å²) in [5.41, 5.74) is 7.54. The maximum absolute atomic E-state index is 6.09. The molecule has 0 fully saturated rings. The SMILES string of the molecule is NC1=NC(c2ccco2)Nc2cccc(Cl)c21. The van der Waals surface area contributed by atoms with Crippen molar-refractivity contribution in [1.29, 1.82) is 0 Å². The number of halogens is 1. The van der Waals surface area contributed by atoms with Gasteiger partial charge in [-0.3, -0.25) is 0 Å². The van der Waals surface area contributed by atoms with Crippen LogP contribution < -0.4 is 11.1 Å². The van der Waals surface area contributed by atoms with E-state index in [-0.39, 0.29) is 6.17 Å². The van der Waals surface area contributed by atoms with Crippen molar-refractivity contribution in [3.8, 4) is 0 Å². The molecule has 1 atom stereocenters. The average molecular weight is 248 g/mol. The quantitative estimate of drug-likeness (QED) is 0.815. The molecule has 1 aromatic carbocycles. The third-order valence-corrected chi connectivity index (χ3v) is 2.96. The first kappa shape index (κ1) is 10.2. The van der Waals surface area contributed by atoms with Crippen LogP contribution >= 0.6 is 11.6 Å². The molecule has 1 unspecified atom stereocenters. The molecule has 2 aromatic rings. The summed E-state index contributed by atoms with van der Waals surface area (Å²) >= 11 is 6.09. The molecule has 4 nitrogen and oxygen atoms in total. The van der Waals surface area contributed by atoms with Gasteiger partial charge in [-0.2, -0.15) is 0 Å². The third-order valence-electron chi connectivity index (χ3n) is 2.64. The second-order valence-electron chi connectivity index (χ2n) is 3.74. The highest BCUT2D eigenvalue weighted by Crippen LogP contribution is 2.32. The monoisotopic (exact) mass is 247 g/mol. The Morgan fingerprint density at radius 3 is 2.94 bits per heavy atom. The van der Waals surface area contributed by atoms with E-state index in [1.54, 1.807) is 12.3 Å². The Kier molecular flexibility index (Phi) is 2.30. The van der Waals surface area contributed by atoms with Crippen LogP contribution in [0, 0.1) is 0 Å². The summed E-state index contributed by atoms with van der Waals surface area (Å²) in [5, 5.41) is 3.82. The van der Waals surface area contributed by atoms with Gasteiger partial charge in [-0.25, -0.2) is 4.99 Å². The summed E-state index contributed by atoms with van der Waals surface area (Å²) in [6.07, 6.45) is 1.31. The minimum absolute atomic E-state index is 0.295. The van der Waals surface area contributed by atoms with Crippen LogP contribution in [0.2, 0.25) is 5.02 Å². The highest BCUT2D eigenvalue weighted by Gasteiger charge is 2.23. The van der Waals surface area contributed by atoms with Gasteiger partial charge in [-0.05, 0) is 24.3 Å². The maximum atomic E-state index is 6.09. The zero-order valence-electron chi connectivity index (χ0n) is 8.85. The van der Waals surface area contributed by atoms with Gasteiger partial charge in [0.1, 0.15) is 11.6 Å². The maximum Gasteiger partial charge on any atom is 0.179 e. The van der Waals surface area contributed by atoms with Gasteiger partial charge in [0.2, 0.25) is 0 Å². The van der Waals surface area contributed by atoms with Crippen molar-refractivity contribution >= 4 is 23.1 Å². The Labute approximate surface area is 103 Å². The van der Waals surface area contributed by atoms with Crippen molar-refractivity contribution < 1.29 is 4.42 Å².